The fourth-order valence-corrected chi connectivity index (χ4v) is 1.39. The van der Waals surface area contributed by atoms with Crippen LogP contribution in [-0.2, 0) is 0 Å². The van der Waals surface area contributed by atoms with Crippen LogP contribution in [-0.4, -0.2) is 16.1 Å². The maximum absolute atomic E-state index is 11.0. The lowest BCUT2D eigenvalue weighted by Gasteiger charge is -2.02. The van der Waals surface area contributed by atoms with Gasteiger partial charge in [-0.1, -0.05) is 36.4 Å². The number of hydrogen-bond donors (Lipinski definition) is 2. The molecule has 0 atom stereocenters. The van der Waals surface area contributed by atoms with E-state index in [-0.39, 0.29) is 5.69 Å². The first kappa shape index (κ1) is 10.3. The molecule has 0 unspecified atom stereocenters. The fourth-order valence-electron chi connectivity index (χ4n) is 1.39. The molecular formula is C12H10N2O2. The monoisotopic (exact) mass is 214 g/mol. The van der Waals surface area contributed by atoms with E-state index in [4.69, 9.17) is 5.21 Å². The number of benzene rings is 1. The maximum atomic E-state index is 11.0. The molecule has 2 rings (SSSR count). The molecule has 0 spiro atoms. The van der Waals surface area contributed by atoms with E-state index in [0.29, 0.717) is 0 Å². The third-order valence-corrected chi connectivity index (χ3v) is 2.20. The van der Waals surface area contributed by atoms with Gasteiger partial charge in [-0.3, -0.25) is 15.0 Å². The molecular weight excluding hydrogens is 204 g/mol. The van der Waals surface area contributed by atoms with Crippen molar-refractivity contribution >= 4 is 5.91 Å². The average Bonchev–Trinajstić information content (AvgIpc) is 2.39. The molecule has 0 aliphatic heterocycles. The fraction of sp³-hybridized carbons (Fsp3) is 0. The normalized spacial score (nSPS) is 9.81. The van der Waals surface area contributed by atoms with E-state index in [1.807, 2.05) is 30.3 Å². The Balaban J connectivity index is 2.30. The molecule has 0 radical (unpaired) electrons. The van der Waals surface area contributed by atoms with Gasteiger partial charge in [0, 0.05) is 11.8 Å². The highest BCUT2D eigenvalue weighted by Gasteiger charge is 2.05. The van der Waals surface area contributed by atoms with Crippen molar-refractivity contribution in [1.29, 1.82) is 0 Å². The summed E-state index contributed by atoms with van der Waals surface area (Å²) in [7, 11) is 0. The minimum absolute atomic E-state index is 0.183. The lowest BCUT2D eigenvalue weighted by molar-refractivity contribution is 0.0701. The molecule has 0 bridgehead atoms. The van der Waals surface area contributed by atoms with E-state index in [2.05, 4.69) is 4.98 Å². The summed E-state index contributed by atoms with van der Waals surface area (Å²) in [5.41, 5.74) is 3.68. The topological polar surface area (TPSA) is 62.2 Å². The van der Waals surface area contributed by atoms with Crippen LogP contribution in [0.1, 0.15) is 10.5 Å². The highest BCUT2D eigenvalue weighted by Crippen LogP contribution is 2.17. The van der Waals surface area contributed by atoms with Crippen LogP contribution in [0.15, 0.2) is 48.7 Å². The first-order valence-corrected chi connectivity index (χ1v) is 4.77. The van der Waals surface area contributed by atoms with Crippen molar-refractivity contribution < 1.29 is 10.0 Å². The van der Waals surface area contributed by atoms with Crippen molar-refractivity contribution in [2.24, 2.45) is 0 Å². The number of amides is 1. The summed E-state index contributed by atoms with van der Waals surface area (Å²) in [6.45, 7) is 0. The Hall–Kier alpha value is -2.20. The van der Waals surface area contributed by atoms with Gasteiger partial charge in [0.15, 0.2) is 0 Å². The van der Waals surface area contributed by atoms with E-state index in [1.165, 1.54) is 5.48 Å². The molecule has 1 amide bonds. The first-order valence-electron chi connectivity index (χ1n) is 4.77. The second kappa shape index (κ2) is 4.55. The molecule has 2 N–H and O–H groups in total. The van der Waals surface area contributed by atoms with Gasteiger partial charge in [0.2, 0.25) is 0 Å². The van der Waals surface area contributed by atoms with Gasteiger partial charge in [-0.2, -0.15) is 0 Å². The number of rotatable bonds is 2. The van der Waals surface area contributed by atoms with Crippen molar-refractivity contribution in [2.75, 3.05) is 0 Å². The Labute approximate surface area is 92.5 Å². The Kier molecular flexibility index (Phi) is 2.93. The molecule has 1 aromatic heterocycles. The lowest BCUT2D eigenvalue weighted by atomic mass is 10.1. The van der Waals surface area contributed by atoms with E-state index in [0.717, 1.165) is 11.1 Å². The van der Waals surface area contributed by atoms with E-state index in [1.54, 1.807) is 18.3 Å². The SMILES string of the molecule is O=C(NO)c1ccc(-c2ccccc2)cn1. The number of hydroxylamine groups is 1. The molecule has 1 heterocycles. The summed E-state index contributed by atoms with van der Waals surface area (Å²) in [5.74, 6) is -0.611. The molecule has 80 valence electrons. The van der Waals surface area contributed by atoms with Crippen LogP contribution in [0.3, 0.4) is 0 Å². The molecule has 1 aromatic carbocycles. The minimum atomic E-state index is -0.611. The van der Waals surface area contributed by atoms with E-state index >= 15 is 0 Å². The zero-order valence-corrected chi connectivity index (χ0v) is 8.42. The number of nitrogens with one attached hydrogen (secondary N) is 1. The quantitative estimate of drug-likeness (QED) is 0.592. The van der Waals surface area contributed by atoms with Gasteiger partial charge in [0.05, 0.1) is 0 Å². The van der Waals surface area contributed by atoms with E-state index in [9.17, 15) is 4.79 Å². The molecule has 16 heavy (non-hydrogen) atoms. The van der Waals surface area contributed by atoms with Crippen molar-refractivity contribution in [3.63, 3.8) is 0 Å². The summed E-state index contributed by atoms with van der Waals surface area (Å²) in [6.07, 6.45) is 1.60. The standard InChI is InChI=1S/C12H10N2O2/c15-12(14-16)11-7-6-10(8-13-11)9-4-2-1-3-5-9/h1-8,16H,(H,14,15). The van der Waals surface area contributed by atoms with Crippen LogP contribution in [0, 0.1) is 0 Å². The molecule has 0 saturated carbocycles. The largest absolute Gasteiger partial charge is 0.293 e. The van der Waals surface area contributed by atoms with Gasteiger partial charge >= 0.3 is 0 Å². The van der Waals surface area contributed by atoms with Gasteiger partial charge in [-0.05, 0) is 11.6 Å². The van der Waals surface area contributed by atoms with Gasteiger partial charge in [-0.15, -0.1) is 0 Å². The Morgan fingerprint density at radius 2 is 1.81 bits per heavy atom. The Bertz CT molecular complexity index is 480. The lowest BCUT2D eigenvalue weighted by Crippen LogP contribution is -2.19. The van der Waals surface area contributed by atoms with Crippen LogP contribution in [0.2, 0.25) is 0 Å². The summed E-state index contributed by atoms with van der Waals surface area (Å²) in [5, 5.41) is 8.44. The second-order valence-corrected chi connectivity index (χ2v) is 3.24. The van der Waals surface area contributed by atoms with Crippen LogP contribution in [0.25, 0.3) is 11.1 Å². The van der Waals surface area contributed by atoms with Crippen molar-refractivity contribution in [2.45, 2.75) is 0 Å². The Morgan fingerprint density at radius 1 is 1.06 bits per heavy atom. The second-order valence-electron chi connectivity index (χ2n) is 3.24. The first-order chi connectivity index (χ1) is 7.81. The summed E-state index contributed by atoms with van der Waals surface area (Å²) in [4.78, 5) is 15.0. The minimum Gasteiger partial charge on any atom is -0.288 e. The third kappa shape index (κ3) is 2.07. The molecule has 4 nitrogen and oxygen atoms in total. The molecule has 0 saturated heterocycles. The smallest absolute Gasteiger partial charge is 0.288 e. The van der Waals surface area contributed by atoms with Gasteiger partial charge in [0.25, 0.3) is 5.91 Å². The predicted octanol–water partition coefficient (Wildman–Crippen LogP) is 1.87. The number of carbonyl (C=O) groups is 1. The molecule has 0 aliphatic rings. The summed E-state index contributed by atoms with van der Waals surface area (Å²) >= 11 is 0. The van der Waals surface area contributed by atoms with Crippen LogP contribution < -0.4 is 5.48 Å². The van der Waals surface area contributed by atoms with Crippen molar-refractivity contribution in [3.8, 4) is 11.1 Å². The molecule has 0 fully saturated rings. The highest BCUT2D eigenvalue weighted by molar-refractivity contribution is 5.91. The van der Waals surface area contributed by atoms with Gasteiger partial charge < -0.3 is 0 Å². The van der Waals surface area contributed by atoms with Crippen LogP contribution in [0.4, 0.5) is 0 Å². The number of hydrogen-bond acceptors (Lipinski definition) is 3. The maximum Gasteiger partial charge on any atom is 0.293 e. The zero-order valence-electron chi connectivity index (χ0n) is 8.42. The number of aromatic nitrogens is 1. The van der Waals surface area contributed by atoms with Crippen LogP contribution >= 0.6 is 0 Å². The Morgan fingerprint density at radius 3 is 2.38 bits per heavy atom. The van der Waals surface area contributed by atoms with Gasteiger partial charge in [-0.25, -0.2) is 5.48 Å². The number of pyridine rings is 1. The van der Waals surface area contributed by atoms with Crippen molar-refractivity contribution in [1.82, 2.24) is 10.5 Å². The van der Waals surface area contributed by atoms with Gasteiger partial charge in [0.1, 0.15) is 5.69 Å². The summed E-state index contributed by atoms with van der Waals surface area (Å²) in [6, 6.07) is 13.1. The molecule has 0 aliphatic carbocycles. The highest BCUT2D eigenvalue weighted by atomic mass is 16.5. The number of carbonyl (C=O) groups excluding carboxylic acids is 1. The molecule has 4 heteroatoms. The number of nitrogens with zero attached hydrogens (tertiary/aromatic N) is 1. The predicted molar refractivity (Wildman–Crippen MR) is 58.9 cm³/mol. The average molecular weight is 214 g/mol. The van der Waals surface area contributed by atoms with E-state index < -0.39 is 5.91 Å². The third-order valence-electron chi connectivity index (χ3n) is 2.20. The van der Waals surface area contributed by atoms with Crippen molar-refractivity contribution in [3.05, 3.63) is 54.4 Å². The zero-order chi connectivity index (χ0) is 11.4. The molecule has 2 aromatic rings. The van der Waals surface area contributed by atoms with Crippen LogP contribution in [0.5, 0.6) is 0 Å². The summed E-state index contributed by atoms with van der Waals surface area (Å²) < 4.78 is 0.